The third-order valence-electron chi connectivity index (χ3n) is 3.40. The minimum absolute atomic E-state index is 0.280. The third-order valence-corrected chi connectivity index (χ3v) is 3.40. The van der Waals surface area contributed by atoms with E-state index in [0.29, 0.717) is 6.04 Å². The summed E-state index contributed by atoms with van der Waals surface area (Å²) >= 11 is 0. The van der Waals surface area contributed by atoms with Crippen LogP contribution in [0.4, 0.5) is 0 Å². The van der Waals surface area contributed by atoms with E-state index in [-0.39, 0.29) is 5.97 Å². The predicted molar refractivity (Wildman–Crippen MR) is 84.0 cm³/mol. The Morgan fingerprint density at radius 2 is 2.15 bits per heavy atom. The number of nitrogens with zero attached hydrogens (tertiary/aromatic N) is 1. The zero-order valence-corrected chi connectivity index (χ0v) is 13.3. The molecule has 2 atom stereocenters. The average Bonchev–Trinajstić information content (AvgIpc) is 2.78. The van der Waals surface area contributed by atoms with Crippen LogP contribution in [-0.2, 0) is 9.53 Å². The van der Waals surface area contributed by atoms with E-state index in [4.69, 9.17) is 6.42 Å². The van der Waals surface area contributed by atoms with Gasteiger partial charge in [-0.1, -0.05) is 30.6 Å². The molecule has 0 amide bonds. The maximum Gasteiger partial charge on any atom is 0.307 e. The standard InChI is InChI=1S/C12H19N.C5H8O2/c1-5-9-13(4)12-8-7-10(3)11(12)6-2;1-3-4-7-5(2)6/h1,6,10,12H,7-9H2,2-4H3;3-4H,1-2H3/b11-6+;4-3+. The molecule has 0 spiro atoms. The molecule has 0 aromatic carbocycles. The zero-order valence-electron chi connectivity index (χ0n) is 13.3. The van der Waals surface area contributed by atoms with Gasteiger partial charge in [0, 0.05) is 13.0 Å². The zero-order chi connectivity index (χ0) is 15.5. The summed E-state index contributed by atoms with van der Waals surface area (Å²) in [6, 6.07) is 0.594. The van der Waals surface area contributed by atoms with E-state index in [2.05, 4.69) is 42.5 Å². The van der Waals surface area contributed by atoms with Crippen molar-refractivity contribution < 1.29 is 9.53 Å². The van der Waals surface area contributed by atoms with Crippen LogP contribution < -0.4 is 0 Å². The van der Waals surface area contributed by atoms with Gasteiger partial charge in [-0.3, -0.25) is 9.69 Å². The smallest absolute Gasteiger partial charge is 0.307 e. The number of hydrogen-bond donors (Lipinski definition) is 0. The fourth-order valence-corrected chi connectivity index (χ4v) is 2.44. The maximum atomic E-state index is 9.93. The Hall–Kier alpha value is -1.53. The largest absolute Gasteiger partial charge is 0.435 e. The highest BCUT2D eigenvalue weighted by Crippen LogP contribution is 2.33. The molecular weight excluding hydrogens is 250 g/mol. The molecule has 0 saturated heterocycles. The van der Waals surface area contributed by atoms with Crippen molar-refractivity contribution in [1.82, 2.24) is 4.90 Å². The van der Waals surface area contributed by atoms with Gasteiger partial charge in [-0.05, 0) is 39.7 Å². The summed E-state index contributed by atoms with van der Waals surface area (Å²) in [7, 11) is 2.12. The van der Waals surface area contributed by atoms with Crippen LogP contribution in [0.15, 0.2) is 24.0 Å². The van der Waals surface area contributed by atoms with Crippen LogP contribution in [0.2, 0.25) is 0 Å². The minimum atomic E-state index is -0.280. The van der Waals surface area contributed by atoms with Gasteiger partial charge in [0.2, 0.25) is 0 Å². The van der Waals surface area contributed by atoms with Crippen molar-refractivity contribution in [2.24, 2.45) is 5.92 Å². The second-order valence-corrected chi connectivity index (χ2v) is 4.98. The third kappa shape index (κ3) is 6.58. The molecule has 0 aromatic rings. The molecule has 2 unspecified atom stereocenters. The van der Waals surface area contributed by atoms with Crippen LogP contribution in [0.3, 0.4) is 0 Å². The number of likely N-dealkylation sites (N-methyl/N-ethyl adjacent to an activating group) is 1. The first-order valence-electron chi connectivity index (χ1n) is 7.06. The first-order chi connectivity index (χ1) is 9.47. The molecule has 1 aliphatic carbocycles. The molecule has 0 aromatic heterocycles. The Labute approximate surface area is 123 Å². The topological polar surface area (TPSA) is 29.5 Å². The van der Waals surface area contributed by atoms with Gasteiger partial charge >= 0.3 is 5.97 Å². The quantitative estimate of drug-likeness (QED) is 0.343. The van der Waals surface area contributed by atoms with E-state index >= 15 is 0 Å². The summed E-state index contributed by atoms with van der Waals surface area (Å²) in [5, 5.41) is 0. The average molecular weight is 277 g/mol. The van der Waals surface area contributed by atoms with Gasteiger partial charge < -0.3 is 4.74 Å². The molecule has 0 N–H and O–H groups in total. The highest BCUT2D eigenvalue weighted by Gasteiger charge is 2.28. The lowest BCUT2D eigenvalue weighted by Gasteiger charge is -2.24. The summed E-state index contributed by atoms with van der Waals surface area (Å²) < 4.78 is 4.37. The number of terminal acetylenes is 1. The van der Waals surface area contributed by atoms with E-state index in [0.717, 1.165) is 12.5 Å². The van der Waals surface area contributed by atoms with E-state index in [1.807, 2.05) is 0 Å². The van der Waals surface area contributed by atoms with Crippen molar-refractivity contribution >= 4 is 5.97 Å². The first kappa shape index (κ1) is 18.5. The lowest BCUT2D eigenvalue weighted by atomic mass is 10.0. The molecule has 1 aliphatic rings. The van der Waals surface area contributed by atoms with E-state index in [1.54, 1.807) is 18.6 Å². The van der Waals surface area contributed by atoms with E-state index in [1.165, 1.54) is 26.0 Å². The van der Waals surface area contributed by atoms with Gasteiger partial charge in [0.25, 0.3) is 0 Å². The molecule has 1 fully saturated rings. The SMILES string of the molecule is C#CCN(C)C1CCC(C)/C1=C\C.C/C=C/OC(C)=O. The Kier molecular flexibility index (Phi) is 9.49. The van der Waals surface area contributed by atoms with Crippen molar-refractivity contribution in [2.75, 3.05) is 13.6 Å². The van der Waals surface area contributed by atoms with Crippen LogP contribution in [-0.4, -0.2) is 30.5 Å². The van der Waals surface area contributed by atoms with Gasteiger partial charge in [-0.25, -0.2) is 0 Å². The fraction of sp³-hybridized carbons (Fsp3) is 0.588. The van der Waals surface area contributed by atoms with Crippen LogP contribution in [0.1, 0.15) is 40.5 Å². The van der Waals surface area contributed by atoms with Gasteiger partial charge in [-0.2, -0.15) is 0 Å². The number of carbonyl (C=O) groups is 1. The van der Waals surface area contributed by atoms with Gasteiger partial charge in [0.15, 0.2) is 0 Å². The molecule has 0 bridgehead atoms. The van der Waals surface area contributed by atoms with Crippen LogP contribution in [0.25, 0.3) is 0 Å². The molecule has 1 rings (SSSR count). The van der Waals surface area contributed by atoms with Crippen LogP contribution in [0, 0.1) is 18.3 Å². The first-order valence-corrected chi connectivity index (χ1v) is 7.06. The molecule has 3 nitrogen and oxygen atoms in total. The molecule has 1 saturated carbocycles. The Morgan fingerprint density at radius 3 is 2.55 bits per heavy atom. The number of esters is 1. The molecule has 0 radical (unpaired) electrons. The monoisotopic (exact) mass is 277 g/mol. The molecule has 3 heteroatoms. The predicted octanol–water partition coefficient (Wildman–Crippen LogP) is 3.38. The van der Waals surface area contributed by atoms with Gasteiger partial charge in [-0.15, -0.1) is 6.42 Å². The molecular formula is C17H27NO2. The highest BCUT2D eigenvalue weighted by atomic mass is 16.5. The summed E-state index contributed by atoms with van der Waals surface area (Å²) in [6.07, 6.45) is 13.1. The Bertz CT molecular complexity index is 390. The van der Waals surface area contributed by atoms with E-state index < -0.39 is 0 Å². The summed E-state index contributed by atoms with van der Waals surface area (Å²) in [4.78, 5) is 12.2. The highest BCUT2D eigenvalue weighted by molar-refractivity contribution is 5.66. The number of ether oxygens (including phenoxy) is 1. The maximum absolute atomic E-state index is 9.93. The van der Waals surface area contributed by atoms with Gasteiger partial charge in [0.1, 0.15) is 0 Å². The van der Waals surface area contributed by atoms with Crippen molar-refractivity contribution in [3.05, 3.63) is 24.0 Å². The molecule has 0 heterocycles. The van der Waals surface area contributed by atoms with Crippen molar-refractivity contribution in [3.8, 4) is 12.3 Å². The van der Waals surface area contributed by atoms with Crippen molar-refractivity contribution in [3.63, 3.8) is 0 Å². The number of hydrogen-bond acceptors (Lipinski definition) is 3. The molecule has 20 heavy (non-hydrogen) atoms. The lowest BCUT2D eigenvalue weighted by Crippen LogP contribution is -2.31. The lowest BCUT2D eigenvalue weighted by molar-refractivity contribution is -0.135. The Balaban J connectivity index is 0.000000441. The second-order valence-electron chi connectivity index (χ2n) is 4.98. The Morgan fingerprint density at radius 1 is 1.50 bits per heavy atom. The van der Waals surface area contributed by atoms with Crippen LogP contribution in [0.5, 0.6) is 0 Å². The summed E-state index contributed by atoms with van der Waals surface area (Å²) in [6.45, 7) is 8.34. The van der Waals surface area contributed by atoms with E-state index in [9.17, 15) is 4.79 Å². The van der Waals surface area contributed by atoms with Gasteiger partial charge in [0.05, 0.1) is 12.8 Å². The second kappa shape index (κ2) is 10.3. The number of rotatable bonds is 3. The fourth-order valence-electron chi connectivity index (χ4n) is 2.44. The number of allylic oxidation sites excluding steroid dienone is 2. The summed E-state index contributed by atoms with van der Waals surface area (Å²) in [5.74, 6) is 3.17. The van der Waals surface area contributed by atoms with Crippen molar-refractivity contribution in [1.29, 1.82) is 0 Å². The summed E-state index contributed by atoms with van der Waals surface area (Å²) in [5.41, 5.74) is 1.57. The number of carbonyl (C=O) groups excluding carboxylic acids is 1. The normalized spacial score (nSPS) is 23.6. The minimum Gasteiger partial charge on any atom is -0.435 e. The molecule has 0 aliphatic heterocycles. The van der Waals surface area contributed by atoms with Crippen molar-refractivity contribution in [2.45, 2.75) is 46.6 Å². The van der Waals surface area contributed by atoms with Crippen LogP contribution >= 0.6 is 0 Å². The molecule has 112 valence electrons.